The molecule has 1 nitrogen and oxygen atoms in total. The van der Waals surface area contributed by atoms with Crippen molar-refractivity contribution in [3.8, 4) is 0 Å². The lowest BCUT2D eigenvalue weighted by molar-refractivity contribution is 0.195. The normalized spacial score (nSPS) is 19.9. The highest BCUT2D eigenvalue weighted by Gasteiger charge is 2.14. The maximum Gasteiger partial charge on any atom is 0.0552 e. The third kappa shape index (κ3) is 3.85. The van der Waals surface area contributed by atoms with Gasteiger partial charge in [0.25, 0.3) is 0 Å². The van der Waals surface area contributed by atoms with Crippen LogP contribution in [0.5, 0.6) is 0 Å². The topological polar surface area (TPSA) is 20.2 Å². The lowest BCUT2D eigenvalue weighted by atomic mass is 9.91. The summed E-state index contributed by atoms with van der Waals surface area (Å²) < 4.78 is 0. The minimum absolute atomic E-state index is 0.237. The molecular formula is C16H24O. The van der Waals surface area contributed by atoms with Crippen LogP contribution in [0.3, 0.4) is 0 Å². The summed E-state index contributed by atoms with van der Waals surface area (Å²) >= 11 is 0. The average Bonchev–Trinajstić information content (AvgIpc) is 2.58. The molecule has 1 atom stereocenters. The molecular weight excluding hydrogens is 208 g/mol. The van der Waals surface area contributed by atoms with Crippen molar-refractivity contribution in [1.82, 2.24) is 0 Å². The first-order chi connectivity index (χ1) is 8.25. The highest BCUT2D eigenvalue weighted by atomic mass is 16.3. The maximum absolute atomic E-state index is 9.36. The minimum Gasteiger partial charge on any atom is -0.393 e. The molecule has 1 unspecified atom stereocenters. The van der Waals surface area contributed by atoms with Gasteiger partial charge in [-0.1, -0.05) is 49.9 Å². The molecule has 0 bridgehead atoms. The Balaban J connectivity index is 2.00. The van der Waals surface area contributed by atoms with Crippen molar-refractivity contribution in [2.24, 2.45) is 0 Å². The molecule has 0 spiro atoms. The fraction of sp³-hybridized carbons (Fsp3) is 0.625. The molecule has 0 heterocycles. The van der Waals surface area contributed by atoms with Gasteiger partial charge in [0.2, 0.25) is 0 Å². The van der Waals surface area contributed by atoms with Gasteiger partial charge in [0.1, 0.15) is 0 Å². The average molecular weight is 232 g/mol. The first kappa shape index (κ1) is 12.6. The van der Waals surface area contributed by atoms with Crippen molar-refractivity contribution in [2.75, 3.05) is 0 Å². The maximum atomic E-state index is 9.36. The van der Waals surface area contributed by atoms with Crippen LogP contribution >= 0.6 is 0 Å². The van der Waals surface area contributed by atoms with Crippen LogP contribution in [-0.4, -0.2) is 11.2 Å². The van der Waals surface area contributed by atoms with Gasteiger partial charge in [-0.3, -0.25) is 0 Å². The van der Waals surface area contributed by atoms with Gasteiger partial charge < -0.3 is 5.11 Å². The van der Waals surface area contributed by atoms with Gasteiger partial charge in [-0.05, 0) is 43.2 Å². The molecule has 0 aromatic heterocycles. The lowest BCUT2D eigenvalue weighted by Crippen LogP contribution is -2.04. The van der Waals surface area contributed by atoms with Crippen LogP contribution in [0.25, 0.3) is 0 Å². The van der Waals surface area contributed by atoms with E-state index in [4.69, 9.17) is 0 Å². The van der Waals surface area contributed by atoms with Gasteiger partial charge in [0, 0.05) is 0 Å². The Morgan fingerprint density at radius 1 is 1.06 bits per heavy atom. The molecule has 0 aliphatic heterocycles. The zero-order valence-corrected chi connectivity index (χ0v) is 10.9. The Morgan fingerprint density at radius 3 is 2.18 bits per heavy atom. The van der Waals surface area contributed by atoms with Crippen molar-refractivity contribution in [3.05, 3.63) is 35.4 Å². The Labute approximate surface area is 105 Å². The lowest BCUT2D eigenvalue weighted by Gasteiger charge is -2.15. The van der Waals surface area contributed by atoms with E-state index >= 15 is 0 Å². The molecule has 1 fully saturated rings. The van der Waals surface area contributed by atoms with E-state index in [1.165, 1.54) is 49.7 Å². The Morgan fingerprint density at radius 2 is 1.65 bits per heavy atom. The number of hydrogen-bond acceptors (Lipinski definition) is 1. The van der Waals surface area contributed by atoms with Gasteiger partial charge >= 0.3 is 0 Å². The second-order valence-electron chi connectivity index (χ2n) is 5.48. The van der Waals surface area contributed by atoms with Gasteiger partial charge in [-0.15, -0.1) is 0 Å². The van der Waals surface area contributed by atoms with E-state index in [0.29, 0.717) is 0 Å². The van der Waals surface area contributed by atoms with Crippen molar-refractivity contribution >= 4 is 0 Å². The highest BCUT2D eigenvalue weighted by Crippen LogP contribution is 2.31. The minimum atomic E-state index is -0.237. The molecule has 1 aliphatic rings. The second-order valence-corrected chi connectivity index (χ2v) is 5.48. The second kappa shape index (κ2) is 6.20. The number of aliphatic hydroxyl groups is 1. The molecule has 94 valence electrons. The van der Waals surface area contributed by atoms with Crippen LogP contribution in [0.2, 0.25) is 0 Å². The summed E-state index contributed by atoms with van der Waals surface area (Å²) in [7, 11) is 0. The summed E-state index contributed by atoms with van der Waals surface area (Å²) in [5.74, 6) is 0.776. The third-order valence-electron chi connectivity index (χ3n) is 3.84. The summed E-state index contributed by atoms with van der Waals surface area (Å²) in [6, 6.07) is 8.92. The van der Waals surface area contributed by atoms with Crippen LogP contribution < -0.4 is 0 Å². The summed E-state index contributed by atoms with van der Waals surface area (Å²) in [4.78, 5) is 0. The van der Waals surface area contributed by atoms with Crippen LogP contribution in [0.15, 0.2) is 24.3 Å². The predicted octanol–water partition coefficient (Wildman–Crippen LogP) is 4.05. The van der Waals surface area contributed by atoms with Crippen LogP contribution in [-0.2, 0) is 6.42 Å². The molecule has 0 amide bonds. The number of hydrogen-bond donors (Lipinski definition) is 1. The Kier molecular flexibility index (Phi) is 4.61. The SMILES string of the molecule is CC(O)Cc1ccc(C2CCCCCC2)cc1. The highest BCUT2D eigenvalue weighted by molar-refractivity contribution is 5.26. The number of benzene rings is 1. The predicted molar refractivity (Wildman–Crippen MR) is 72.3 cm³/mol. The van der Waals surface area contributed by atoms with Gasteiger partial charge in [-0.2, -0.15) is 0 Å². The number of aliphatic hydroxyl groups excluding tert-OH is 1. The van der Waals surface area contributed by atoms with E-state index in [-0.39, 0.29) is 6.10 Å². The van der Waals surface area contributed by atoms with Crippen LogP contribution in [0.1, 0.15) is 62.5 Å². The zero-order valence-electron chi connectivity index (χ0n) is 10.9. The molecule has 1 heteroatoms. The molecule has 1 aromatic rings. The summed E-state index contributed by atoms with van der Waals surface area (Å²) in [5.41, 5.74) is 2.75. The van der Waals surface area contributed by atoms with E-state index in [0.717, 1.165) is 12.3 Å². The quantitative estimate of drug-likeness (QED) is 0.780. The molecule has 1 aromatic carbocycles. The van der Waals surface area contributed by atoms with Crippen LogP contribution in [0.4, 0.5) is 0 Å². The third-order valence-corrected chi connectivity index (χ3v) is 3.84. The summed E-state index contributed by atoms with van der Waals surface area (Å²) in [6.07, 6.45) is 8.85. The molecule has 17 heavy (non-hydrogen) atoms. The largest absolute Gasteiger partial charge is 0.393 e. The van der Waals surface area contributed by atoms with Gasteiger partial charge in [0.15, 0.2) is 0 Å². The number of rotatable bonds is 3. The van der Waals surface area contributed by atoms with E-state index < -0.39 is 0 Å². The Bertz CT molecular complexity index is 318. The monoisotopic (exact) mass is 232 g/mol. The van der Waals surface area contributed by atoms with Crippen molar-refractivity contribution < 1.29 is 5.11 Å². The summed E-state index contributed by atoms with van der Waals surface area (Å²) in [6.45, 7) is 1.85. The van der Waals surface area contributed by atoms with E-state index in [1.54, 1.807) is 0 Å². The van der Waals surface area contributed by atoms with Crippen LogP contribution in [0, 0.1) is 0 Å². The molecule has 1 N–H and O–H groups in total. The van der Waals surface area contributed by atoms with Gasteiger partial charge in [0.05, 0.1) is 6.10 Å². The molecule has 0 radical (unpaired) electrons. The van der Waals surface area contributed by atoms with Crippen molar-refractivity contribution in [3.63, 3.8) is 0 Å². The molecule has 1 saturated carbocycles. The van der Waals surface area contributed by atoms with Crippen molar-refractivity contribution in [1.29, 1.82) is 0 Å². The fourth-order valence-corrected chi connectivity index (χ4v) is 2.88. The standard InChI is InChI=1S/C16H24O/c1-13(17)12-14-8-10-16(11-9-14)15-6-4-2-3-5-7-15/h8-11,13,15,17H,2-7,12H2,1H3. The van der Waals surface area contributed by atoms with Gasteiger partial charge in [-0.25, -0.2) is 0 Å². The molecule has 0 saturated heterocycles. The first-order valence-electron chi connectivity index (χ1n) is 7.02. The van der Waals surface area contributed by atoms with E-state index in [1.807, 2.05) is 6.92 Å². The summed E-state index contributed by atoms with van der Waals surface area (Å²) in [5, 5.41) is 9.36. The molecule has 1 aliphatic carbocycles. The van der Waals surface area contributed by atoms with E-state index in [9.17, 15) is 5.11 Å². The smallest absolute Gasteiger partial charge is 0.0552 e. The van der Waals surface area contributed by atoms with E-state index in [2.05, 4.69) is 24.3 Å². The molecule has 2 rings (SSSR count). The Hall–Kier alpha value is -0.820. The zero-order chi connectivity index (χ0) is 12.1. The van der Waals surface area contributed by atoms with Crippen molar-refractivity contribution in [2.45, 2.75) is 63.9 Å². The fourth-order valence-electron chi connectivity index (χ4n) is 2.88. The first-order valence-corrected chi connectivity index (χ1v) is 7.02.